The number of benzene rings is 1. The van der Waals surface area contributed by atoms with E-state index in [2.05, 4.69) is 20.2 Å². The van der Waals surface area contributed by atoms with Gasteiger partial charge in [-0.2, -0.15) is 5.10 Å². The Balaban J connectivity index is 2.36. The SMILES string of the molecule is C[B]c1nc2ccnnc2n2c1nc1ccccc12. The summed E-state index contributed by atoms with van der Waals surface area (Å²) in [6.07, 6.45) is 1.65. The Labute approximate surface area is 109 Å². The van der Waals surface area contributed by atoms with Gasteiger partial charge in [0.15, 0.2) is 18.6 Å². The van der Waals surface area contributed by atoms with Gasteiger partial charge in [0.1, 0.15) is 5.52 Å². The molecule has 0 N–H and O–H groups in total. The standard InChI is InChI=1S/C13H9BN5/c1-14-11-13-17-8-4-2-3-5-10(8)19(13)12-9(16-11)6-7-15-18-12/h2-7H,1H3. The Morgan fingerprint density at radius 2 is 1.89 bits per heavy atom. The molecule has 1 radical (unpaired) electrons. The molecular formula is C13H9BN5. The van der Waals surface area contributed by atoms with Crippen LogP contribution >= 0.6 is 0 Å². The van der Waals surface area contributed by atoms with Gasteiger partial charge in [-0.05, 0) is 18.2 Å². The third-order valence-corrected chi connectivity index (χ3v) is 3.20. The number of fused-ring (bicyclic) bond motifs is 5. The van der Waals surface area contributed by atoms with E-state index < -0.39 is 0 Å². The molecule has 3 heterocycles. The molecule has 0 saturated heterocycles. The van der Waals surface area contributed by atoms with E-state index in [1.165, 1.54) is 0 Å². The fourth-order valence-corrected chi connectivity index (χ4v) is 2.35. The second-order valence-corrected chi connectivity index (χ2v) is 4.29. The molecule has 6 heteroatoms. The fraction of sp³-hybridized carbons (Fsp3) is 0.0769. The molecule has 5 nitrogen and oxygen atoms in total. The molecule has 19 heavy (non-hydrogen) atoms. The number of hydrogen-bond donors (Lipinski definition) is 0. The summed E-state index contributed by atoms with van der Waals surface area (Å²) in [5.41, 5.74) is 5.18. The first-order chi connectivity index (χ1) is 9.38. The molecule has 0 bridgehead atoms. The van der Waals surface area contributed by atoms with Gasteiger partial charge in [0.25, 0.3) is 0 Å². The highest BCUT2D eigenvalue weighted by Gasteiger charge is 2.13. The number of imidazole rings is 1. The molecule has 1 aromatic carbocycles. The van der Waals surface area contributed by atoms with Crippen molar-refractivity contribution in [1.82, 2.24) is 24.6 Å². The van der Waals surface area contributed by atoms with Crippen molar-refractivity contribution >= 4 is 40.7 Å². The van der Waals surface area contributed by atoms with Gasteiger partial charge in [-0.1, -0.05) is 19.0 Å². The number of nitrogens with zero attached hydrogens (tertiary/aromatic N) is 5. The first-order valence-electron chi connectivity index (χ1n) is 6.06. The summed E-state index contributed by atoms with van der Waals surface area (Å²) in [7, 11) is 1.96. The van der Waals surface area contributed by atoms with Crippen molar-refractivity contribution in [1.29, 1.82) is 0 Å². The van der Waals surface area contributed by atoms with Gasteiger partial charge in [-0.15, -0.1) is 5.10 Å². The van der Waals surface area contributed by atoms with Gasteiger partial charge in [0.2, 0.25) is 0 Å². The molecular weight excluding hydrogens is 237 g/mol. The zero-order valence-corrected chi connectivity index (χ0v) is 10.3. The largest absolute Gasteiger partial charge is 0.273 e. The van der Waals surface area contributed by atoms with Crippen molar-refractivity contribution in [3.63, 3.8) is 0 Å². The van der Waals surface area contributed by atoms with E-state index in [9.17, 15) is 0 Å². The third kappa shape index (κ3) is 1.37. The van der Waals surface area contributed by atoms with E-state index >= 15 is 0 Å². The molecule has 0 unspecified atom stereocenters. The molecule has 0 fully saturated rings. The van der Waals surface area contributed by atoms with E-state index in [0.717, 1.165) is 33.4 Å². The lowest BCUT2D eigenvalue weighted by atomic mass is 9.78. The maximum atomic E-state index is 4.64. The number of para-hydroxylation sites is 2. The number of hydrogen-bond acceptors (Lipinski definition) is 4. The first-order valence-corrected chi connectivity index (χ1v) is 6.06. The summed E-state index contributed by atoms with van der Waals surface area (Å²) < 4.78 is 2.01. The molecule has 0 aliphatic carbocycles. The minimum absolute atomic E-state index is 0.733. The Morgan fingerprint density at radius 3 is 2.79 bits per heavy atom. The molecule has 0 aliphatic heterocycles. The molecule has 89 valence electrons. The van der Waals surface area contributed by atoms with Gasteiger partial charge in [-0.25, -0.2) is 4.98 Å². The molecule has 0 spiro atoms. The summed E-state index contributed by atoms with van der Waals surface area (Å²) in [5.74, 6) is 0. The fourth-order valence-electron chi connectivity index (χ4n) is 2.35. The number of rotatable bonds is 1. The molecule has 0 aliphatic rings. The highest BCUT2D eigenvalue weighted by molar-refractivity contribution is 6.53. The molecule has 0 amide bonds. The van der Waals surface area contributed by atoms with Crippen LogP contribution in [0.1, 0.15) is 0 Å². The highest BCUT2D eigenvalue weighted by Crippen LogP contribution is 2.18. The van der Waals surface area contributed by atoms with Crippen LogP contribution in [0.2, 0.25) is 6.82 Å². The van der Waals surface area contributed by atoms with Gasteiger partial charge in [0, 0.05) is 5.59 Å². The summed E-state index contributed by atoms with van der Waals surface area (Å²) in [6.45, 7) is 1.96. The Bertz CT molecular complexity index is 915. The smallest absolute Gasteiger partial charge is 0.187 e. The lowest BCUT2D eigenvalue weighted by Gasteiger charge is -2.04. The van der Waals surface area contributed by atoms with Gasteiger partial charge in [0.05, 0.1) is 17.2 Å². The molecule has 4 aromatic rings. The maximum Gasteiger partial charge on any atom is 0.187 e. The van der Waals surface area contributed by atoms with Crippen molar-refractivity contribution < 1.29 is 0 Å². The van der Waals surface area contributed by atoms with Gasteiger partial charge < -0.3 is 0 Å². The average molecular weight is 246 g/mol. The summed E-state index contributed by atoms with van der Waals surface area (Å²) in [6, 6.07) is 9.86. The Hall–Kier alpha value is -2.50. The van der Waals surface area contributed by atoms with Crippen LogP contribution < -0.4 is 5.59 Å². The van der Waals surface area contributed by atoms with Crippen molar-refractivity contribution in [3.05, 3.63) is 36.5 Å². The summed E-state index contributed by atoms with van der Waals surface area (Å²) in [5, 5.41) is 8.16. The third-order valence-electron chi connectivity index (χ3n) is 3.20. The Kier molecular flexibility index (Phi) is 2.06. The minimum Gasteiger partial charge on any atom is -0.273 e. The first kappa shape index (κ1) is 10.4. The van der Waals surface area contributed by atoms with E-state index in [1.54, 1.807) is 6.20 Å². The second kappa shape index (κ2) is 3.75. The predicted molar refractivity (Wildman–Crippen MR) is 74.8 cm³/mol. The van der Waals surface area contributed by atoms with Crippen LogP contribution in [-0.4, -0.2) is 31.8 Å². The van der Waals surface area contributed by atoms with Crippen LogP contribution in [-0.2, 0) is 0 Å². The van der Waals surface area contributed by atoms with Crippen LogP contribution in [0.5, 0.6) is 0 Å². The monoisotopic (exact) mass is 246 g/mol. The van der Waals surface area contributed by atoms with Crippen LogP contribution in [0.4, 0.5) is 0 Å². The van der Waals surface area contributed by atoms with Crippen molar-refractivity contribution in [2.45, 2.75) is 6.82 Å². The highest BCUT2D eigenvalue weighted by atomic mass is 15.2. The van der Waals surface area contributed by atoms with Crippen LogP contribution in [0, 0.1) is 0 Å². The number of aromatic nitrogens is 5. The minimum atomic E-state index is 0.733. The average Bonchev–Trinajstić information content (AvgIpc) is 2.86. The zero-order chi connectivity index (χ0) is 12.8. The quantitative estimate of drug-likeness (QED) is 0.473. The topological polar surface area (TPSA) is 56.0 Å². The van der Waals surface area contributed by atoms with Crippen LogP contribution in [0.25, 0.3) is 27.8 Å². The molecule has 4 rings (SSSR count). The normalized spacial score (nSPS) is 11.4. The van der Waals surface area contributed by atoms with Gasteiger partial charge >= 0.3 is 0 Å². The van der Waals surface area contributed by atoms with Crippen LogP contribution in [0.15, 0.2) is 36.5 Å². The van der Waals surface area contributed by atoms with E-state index in [-0.39, 0.29) is 0 Å². The Morgan fingerprint density at radius 1 is 1.00 bits per heavy atom. The maximum absolute atomic E-state index is 4.64. The molecule has 3 aromatic heterocycles. The van der Waals surface area contributed by atoms with Crippen LogP contribution in [0.3, 0.4) is 0 Å². The van der Waals surface area contributed by atoms with Gasteiger partial charge in [-0.3, -0.25) is 9.38 Å². The van der Waals surface area contributed by atoms with Crippen molar-refractivity contribution in [2.24, 2.45) is 0 Å². The lowest BCUT2D eigenvalue weighted by molar-refractivity contribution is 1.03. The van der Waals surface area contributed by atoms with E-state index in [0.29, 0.717) is 0 Å². The lowest BCUT2D eigenvalue weighted by Crippen LogP contribution is -2.20. The summed E-state index contributed by atoms with van der Waals surface area (Å²) in [4.78, 5) is 9.21. The zero-order valence-electron chi connectivity index (χ0n) is 10.3. The molecule has 0 saturated carbocycles. The second-order valence-electron chi connectivity index (χ2n) is 4.29. The predicted octanol–water partition coefficient (Wildman–Crippen LogP) is 1.20. The van der Waals surface area contributed by atoms with E-state index in [4.69, 9.17) is 0 Å². The molecule has 0 atom stereocenters. The van der Waals surface area contributed by atoms with Crippen molar-refractivity contribution in [2.75, 3.05) is 0 Å². The van der Waals surface area contributed by atoms with E-state index in [1.807, 2.05) is 48.8 Å². The van der Waals surface area contributed by atoms with Crippen molar-refractivity contribution in [3.8, 4) is 0 Å². The summed E-state index contributed by atoms with van der Waals surface area (Å²) >= 11 is 0.